The molecule has 0 radical (unpaired) electrons. The lowest BCUT2D eigenvalue weighted by molar-refractivity contribution is 0.663. The highest BCUT2D eigenvalue weighted by Gasteiger charge is 2.15. The van der Waals surface area contributed by atoms with Crippen molar-refractivity contribution >= 4 is 5.82 Å². The Labute approximate surface area is 94.9 Å². The van der Waals surface area contributed by atoms with Crippen LogP contribution in [0.2, 0.25) is 0 Å². The molecule has 0 N–H and O–H groups in total. The second-order valence-electron chi connectivity index (χ2n) is 3.86. The van der Waals surface area contributed by atoms with Crippen molar-refractivity contribution in [2.24, 2.45) is 7.05 Å². The summed E-state index contributed by atoms with van der Waals surface area (Å²) >= 11 is 0. The summed E-state index contributed by atoms with van der Waals surface area (Å²) in [6.07, 6.45) is 3.60. The molecular formula is C11H16N4O. The van der Waals surface area contributed by atoms with E-state index < -0.39 is 0 Å². The lowest BCUT2D eigenvalue weighted by Gasteiger charge is -2.26. The molecule has 5 heteroatoms. The molecule has 0 aliphatic heterocycles. The maximum atomic E-state index is 11.9. The van der Waals surface area contributed by atoms with Gasteiger partial charge in [0.25, 0.3) is 5.56 Å². The van der Waals surface area contributed by atoms with Crippen molar-refractivity contribution < 1.29 is 0 Å². The molecule has 5 nitrogen and oxygen atoms in total. The Kier molecular flexibility index (Phi) is 4.06. The van der Waals surface area contributed by atoms with Gasteiger partial charge in [-0.05, 0) is 13.8 Å². The fourth-order valence-corrected chi connectivity index (χ4v) is 1.46. The zero-order valence-corrected chi connectivity index (χ0v) is 9.84. The van der Waals surface area contributed by atoms with E-state index in [1.807, 2.05) is 18.7 Å². The van der Waals surface area contributed by atoms with Gasteiger partial charge in [-0.1, -0.05) is 0 Å². The van der Waals surface area contributed by atoms with Crippen molar-refractivity contribution in [2.75, 3.05) is 11.4 Å². The van der Waals surface area contributed by atoms with Crippen molar-refractivity contribution in [3.05, 3.63) is 22.7 Å². The maximum absolute atomic E-state index is 11.9. The molecule has 1 rings (SSSR count). The van der Waals surface area contributed by atoms with Crippen molar-refractivity contribution in [3.8, 4) is 6.07 Å². The minimum atomic E-state index is -0.130. The number of anilines is 1. The molecule has 1 aromatic heterocycles. The number of nitriles is 1. The number of hydrogen-bond donors (Lipinski definition) is 0. The second kappa shape index (κ2) is 5.31. The van der Waals surface area contributed by atoms with Crippen molar-refractivity contribution in [1.82, 2.24) is 9.55 Å². The summed E-state index contributed by atoms with van der Waals surface area (Å²) in [6, 6.07) is 2.23. The number of aromatic nitrogens is 2. The highest BCUT2D eigenvalue weighted by atomic mass is 16.1. The molecule has 0 atom stereocenters. The quantitative estimate of drug-likeness (QED) is 0.756. The van der Waals surface area contributed by atoms with Gasteiger partial charge in [0.1, 0.15) is 0 Å². The molecule has 0 aliphatic carbocycles. The Morgan fingerprint density at radius 1 is 1.62 bits per heavy atom. The topological polar surface area (TPSA) is 61.9 Å². The molecule has 0 saturated carbocycles. The standard InChI is InChI=1S/C11H16N4O/c1-9(2)15(7-4-5-12)10-11(16)14(3)8-6-13-10/h6,8-9H,4,7H2,1-3H3. The van der Waals surface area contributed by atoms with Gasteiger partial charge in [0, 0.05) is 32.0 Å². The maximum Gasteiger partial charge on any atom is 0.293 e. The fourth-order valence-electron chi connectivity index (χ4n) is 1.46. The Bertz CT molecular complexity index is 444. The highest BCUT2D eigenvalue weighted by Crippen LogP contribution is 2.08. The predicted molar refractivity (Wildman–Crippen MR) is 62.2 cm³/mol. The van der Waals surface area contributed by atoms with E-state index in [0.717, 1.165) is 0 Å². The molecule has 0 amide bonds. The number of hydrogen-bond acceptors (Lipinski definition) is 4. The Morgan fingerprint density at radius 2 is 2.31 bits per heavy atom. The van der Waals surface area contributed by atoms with Crippen LogP contribution in [-0.4, -0.2) is 22.1 Å². The van der Waals surface area contributed by atoms with E-state index in [0.29, 0.717) is 18.8 Å². The summed E-state index contributed by atoms with van der Waals surface area (Å²) in [5.74, 6) is 0.412. The molecule has 0 fully saturated rings. The minimum absolute atomic E-state index is 0.130. The van der Waals surface area contributed by atoms with E-state index in [2.05, 4.69) is 11.1 Å². The van der Waals surface area contributed by atoms with Crippen LogP contribution in [0.25, 0.3) is 0 Å². The molecular weight excluding hydrogens is 204 g/mol. The molecule has 0 aliphatic rings. The number of aryl methyl sites for hydroxylation is 1. The average molecular weight is 220 g/mol. The van der Waals surface area contributed by atoms with Crippen LogP contribution in [0.1, 0.15) is 20.3 Å². The average Bonchev–Trinajstić information content (AvgIpc) is 2.24. The number of nitrogens with zero attached hydrogens (tertiary/aromatic N) is 4. The normalized spacial score (nSPS) is 10.2. The van der Waals surface area contributed by atoms with Gasteiger partial charge in [-0.15, -0.1) is 0 Å². The SMILES string of the molecule is CC(C)N(CCC#N)c1nccn(C)c1=O. The lowest BCUT2D eigenvalue weighted by atomic mass is 10.3. The summed E-state index contributed by atoms with van der Waals surface area (Å²) in [5.41, 5.74) is -0.130. The largest absolute Gasteiger partial charge is 0.349 e. The van der Waals surface area contributed by atoms with Crippen LogP contribution in [0.3, 0.4) is 0 Å². The Balaban J connectivity index is 3.07. The summed E-state index contributed by atoms with van der Waals surface area (Å²) in [7, 11) is 1.69. The van der Waals surface area contributed by atoms with Crippen LogP contribution < -0.4 is 10.5 Å². The van der Waals surface area contributed by atoms with Gasteiger partial charge in [0.15, 0.2) is 5.82 Å². The van der Waals surface area contributed by atoms with Crippen LogP contribution in [0.5, 0.6) is 0 Å². The van der Waals surface area contributed by atoms with Gasteiger partial charge >= 0.3 is 0 Å². The molecule has 0 saturated heterocycles. The smallest absolute Gasteiger partial charge is 0.293 e. The van der Waals surface area contributed by atoms with E-state index in [-0.39, 0.29) is 11.6 Å². The molecule has 0 bridgehead atoms. The van der Waals surface area contributed by atoms with Gasteiger partial charge in [0.05, 0.1) is 12.5 Å². The minimum Gasteiger partial charge on any atom is -0.349 e. The van der Waals surface area contributed by atoms with Gasteiger partial charge < -0.3 is 9.47 Å². The first-order valence-electron chi connectivity index (χ1n) is 5.23. The predicted octanol–water partition coefficient (Wildman–Crippen LogP) is 0.909. The third-order valence-corrected chi connectivity index (χ3v) is 2.36. The van der Waals surface area contributed by atoms with Crippen LogP contribution in [0.15, 0.2) is 17.2 Å². The van der Waals surface area contributed by atoms with Crippen LogP contribution in [-0.2, 0) is 7.05 Å². The van der Waals surface area contributed by atoms with Gasteiger partial charge in [-0.2, -0.15) is 5.26 Å². The fraction of sp³-hybridized carbons (Fsp3) is 0.545. The third kappa shape index (κ3) is 2.60. The first kappa shape index (κ1) is 12.2. The van der Waals surface area contributed by atoms with E-state index in [4.69, 9.17) is 5.26 Å². The third-order valence-electron chi connectivity index (χ3n) is 2.36. The molecule has 0 spiro atoms. The Morgan fingerprint density at radius 3 is 2.88 bits per heavy atom. The summed E-state index contributed by atoms with van der Waals surface area (Å²) < 4.78 is 1.49. The molecule has 0 aromatic carbocycles. The summed E-state index contributed by atoms with van der Waals surface area (Å²) in [6.45, 7) is 4.48. The summed E-state index contributed by atoms with van der Waals surface area (Å²) in [5, 5.41) is 8.59. The van der Waals surface area contributed by atoms with Crippen LogP contribution in [0.4, 0.5) is 5.82 Å². The van der Waals surface area contributed by atoms with E-state index in [1.54, 1.807) is 19.4 Å². The second-order valence-corrected chi connectivity index (χ2v) is 3.86. The molecule has 1 heterocycles. The van der Waals surface area contributed by atoms with E-state index >= 15 is 0 Å². The van der Waals surface area contributed by atoms with E-state index in [1.165, 1.54) is 4.57 Å². The highest BCUT2D eigenvalue weighted by molar-refractivity contribution is 5.36. The van der Waals surface area contributed by atoms with Crippen molar-refractivity contribution in [1.29, 1.82) is 5.26 Å². The molecule has 0 unspecified atom stereocenters. The van der Waals surface area contributed by atoms with Gasteiger partial charge in [-0.3, -0.25) is 4.79 Å². The first-order valence-corrected chi connectivity index (χ1v) is 5.23. The molecule has 86 valence electrons. The molecule has 16 heavy (non-hydrogen) atoms. The van der Waals surface area contributed by atoms with Gasteiger partial charge in [-0.25, -0.2) is 4.98 Å². The Hall–Kier alpha value is -1.83. The van der Waals surface area contributed by atoms with Crippen LogP contribution in [0, 0.1) is 11.3 Å². The zero-order valence-electron chi connectivity index (χ0n) is 9.84. The lowest BCUT2D eigenvalue weighted by Crippen LogP contribution is -2.38. The van der Waals surface area contributed by atoms with Gasteiger partial charge in [0.2, 0.25) is 0 Å². The molecule has 1 aromatic rings. The van der Waals surface area contributed by atoms with E-state index in [9.17, 15) is 4.79 Å². The zero-order chi connectivity index (χ0) is 12.1. The van der Waals surface area contributed by atoms with Crippen molar-refractivity contribution in [3.63, 3.8) is 0 Å². The first-order chi connectivity index (χ1) is 7.57. The summed E-state index contributed by atoms with van der Waals surface area (Å²) in [4.78, 5) is 17.8. The van der Waals surface area contributed by atoms with Crippen molar-refractivity contribution in [2.45, 2.75) is 26.3 Å². The van der Waals surface area contributed by atoms with Crippen LogP contribution >= 0.6 is 0 Å². The monoisotopic (exact) mass is 220 g/mol. The number of rotatable bonds is 4.